The summed E-state index contributed by atoms with van der Waals surface area (Å²) in [7, 11) is 0. The SMILES string of the molecule is O=C(CCn1cncn1)NCCCn1cnc2ccccc21. The van der Waals surface area contributed by atoms with Crippen LogP contribution >= 0.6 is 0 Å². The molecule has 1 aromatic carbocycles. The lowest BCUT2D eigenvalue weighted by Gasteiger charge is -2.06. The topological polar surface area (TPSA) is 77.6 Å². The van der Waals surface area contributed by atoms with Crippen LogP contribution in [0.5, 0.6) is 0 Å². The first-order valence-electron chi connectivity index (χ1n) is 7.32. The van der Waals surface area contributed by atoms with Gasteiger partial charge < -0.3 is 9.88 Å². The molecule has 0 atom stereocenters. The zero-order chi connectivity index (χ0) is 15.2. The number of hydrogen-bond acceptors (Lipinski definition) is 4. The number of amides is 1. The molecule has 7 nitrogen and oxygen atoms in total. The Bertz CT molecular complexity index is 733. The lowest BCUT2D eigenvalue weighted by atomic mass is 10.3. The maximum Gasteiger partial charge on any atom is 0.221 e. The standard InChI is InChI=1S/C15H18N6O/c22-15(6-9-21-11-16-10-19-21)17-7-3-8-20-12-18-13-4-1-2-5-14(13)20/h1-2,4-5,10-12H,3,6-9H2,(H,17,22). The maximum absolute atomic E-state index is 11.7. The van der Waals surface area contributed by atoms with Gasteiger partial charge >= 0.3 is 0 Å². The van der Waals surface area contributed by atoms with E-state index in [0.29, 0.717) is 19.5 Å². The molecule has 3 aromatic rings. The third-order valence-electron chi connectivity index (χ3n) is 3.46. The first-order valence-corrected chi connectivity index (χ1v) is 7.32. The lowest BCUT2D eigenvalue weighted by Crippen LogP contribution is -2.26. The largest absolute Gasteiger partial charge is 0.356 e. The number of fused-ring (bicyclic) bond motifs is 1. The Morgan fingerprint density at radius 1 is 1.18 bits per heavy atom. The molecule has 2 aromatic heterocycles. The van der Waals surface area contributed by atoms with Gasteiger partial charge in [-0.15, -0.1) is 0 Å². The molecular formula is C15H18N6O. The van der Waals surface area contributed by atoms with Crippen LogP contribution in [0.25, 0.3) is 11.0 Å². The first-order chi connectivity index (χ1) is 10.8. The fraction of sp³-hybridized carbons (Fsp3) is 0.333. The summed E-state index contributed by atoms with van der Waals surface area (Å²) in [4.78, 5) is 19.9. The molecule has 0 aliphatic rings. The van der Waals surface area contributed by atoms with Gasteiger partial charge in [0.2, 0.25) is 5.91 Å². The van der Waals surface area contributed by atoms with Crippen molar-refractivity contribution in [2.45, 2.75) is 25.9 Å². The zero-order valence-electron chi connectivity index (χ0n) is 12.2. The minimum Gasteiger partial charge on any atom is -0.356 e. The quantitative estimate of drug-likeness (QED) is 0.665. The molecule has 3 rings (SSSR count). The van der Waals surface area contributed by atoms with Gasteiger partial charge in [0.25, 0.3) is 0 Å². The van der Waals surface area contributed by atoms with Gasteiger partial charge in [-0.1, -0.05) is 12.1 Å². The number of imidazole rings is 1. The summed E-state index contributed by atoms with van der Waals surface area (Å²) in [5.74, 6) is 0.0333. The third kappa shape index (κ3) is 3.49. The minimum atomic E-state index is 0.0333. The number of rotatable bonds is 7. The molecule has 0 aliphatic heterocycles. The van der Waals surface area contributed by atoms with E-state index >= 15 is 0 Å². The molecule has 0 aliphatic carbocycles. The van der Waals surface area contributed by atoms with Crippen LogP contribution in [0.1, 0.15) is 12.8 Å². The Balaban J connectivity index is 1.39. The van der Waals surface area contributed by atoms with Crippen LogP contribution in [-0.4, -0.2) is 36.8 Å². The van der Waals surface area contributed by atoms with Crippen molar-refractivity contribution >= 4 is 16.9 Å². The van der Waals surface area contributed by atoms with Crippen molar-refractivity contribution in [1.29, 1.82) is 0 Å². The van der Waals surface area contributed by atoms with Crippen LogP contribution in [-0.2, 0) is 17.9 Å². The second kappa shape index (κ2) is 6.84. The number of benzene rings is 1. The molecule has 1 amide bonds. The number of aryl methyl sites for hydroxylation is 2. The van der Waals surface area contributed by atoms with Gasteiger partial charge in [-0.25, -0.2) is 9.97 Å². The van der Waals surface area contributed by atoms with Crippen molar-refractivity contribution in [3.63, 3.8) is 0 Å². The summed E-state index contributed by atoms with van der Waals surface area (Å²) in [6, 6.07) is 8.04. The molecule has 0 saturated carbocycles. The van der Waals surface area contributed by atoms with Crippen molar-refractivity contribution in [3.05, 3.63) is 43.2 Å². The number of aromatic nitrogens is 5. The summed E-state index contributed by atoms with van der Waals surface area (Å²) in [5, 5.41) is 6.88. The molecule has 0 saturated heterocycles. The Hall–Kier alpha value is -2.70. The first kappa shape index (κ1) is 14.2. The monoisotopic (exact) mass is 298 g/mol. The van der Waals surface area contributed by atoms with Gasteiger partial charge in [0.15, 0.2) is 0 Å². The van der Waals surface area contributed by atoms with Crippen LogP contribution in [0.3, 0.4) is 0 Å². The van der Waals surface area contributed by atoms with Gasteiger partial charge in [0, 0.05) is 19.5 Å². The highest BCUT2D eigenvalue weighted by Crippen LogP contribution is 2.11. The average molecular weight is 298 g/mol. The fourth-order valence-electron chi connectivity index (χ4n) is 2.32. The van der Waals surface area contributed by atoms with Crippen molar-refractivity contribution < 1.29 is 4.79 Å². The van der Waals surface area contributed by atoms with E-state index in [9.17, 15) is 4.79 Å². The smallest absolute Gasteiger partial charge is 0.221 e. The van der Waals surface area contributed by atoms with E-state index in [1.165, 1.54) is 6.33 Å². The second-order valence-corrected chi connectivity index (χ2v) is 5.04. The Morgan fingerprint density at radius 3 is 2.95 bits per heavy atom. The van der Waals surface area contributed by atoms with Crippen molar-refractivity contribution in [1.82, 2.24) is 29.6 Å². The highest BCUT2D eigenvalue weighted by molar-refractivity contribution is 5.76. The minimum absolute atomic E-state index is 0.0333. The van der Waals surface area contributed by atoms with Gasteiger partial charge in [-0.05, 0) is 18.6 Å². The number of para-hydroxylation sites is 2. The van der Waals surface area contributed by atoms with Crippen LogP contribution in [0.15, 0.2) is 43.2 Å². The average Bonchev–Trinajstić information content (AvgIpc) is 3.19. The summed E-state index contributed by atoms with van der Waals surface area (Å²) in [6.07, 6.45) is 6.20. The van der Waals surface area contributed by atoms with Gasteiger partial charge in [-0.3, -0.25) is 9.48 Å². The highest BCUT2D eigenvalue weighted by atomic mass is 16.1. The maximum atomic E-state index is 11.7. The molecule has 114 valence electrons. The molecule has 0 spiro atoms. The second-order valence-electron chi connectivity index (χ2n) is 5.04. The van der Waals surface area contributed by atoms with E-state index in [0.717, 1.165) is 24.0 Å². The molecule has 2 heterocycles. The molecule has 7 heteroatoms. The molecule has 0 fully saturated rings. The van der Waals surface area contributed by atoms with Crippen molar-refractivity contribution in [3.8, 4) is 0 Å². The number of carbonyl (C=O) groups is 1. The van der Waals surface area contributed by atoms with E-state index in [1.54, 1.807) is 11.0 Å². The van der Waals surface area contributed by atoms with Gasteiger partial charge in [-0.2, -0.15) is 5.10 Å². The predicted octanol–water partition coefficient (Wildman–Crippen LogP) is 1.22. The van der Waals surface area contributed by atoms with E-state index in [1.807, 2.05) is 24.5 Å². The van der Waals surface area contributed by atoms with Gasteiger partial charge in [0.1, 0.15) is 12.7 Å². The Labute approximate surface area is 128 Å². The summed E-state index contributed by atoms with van der Waals surface area (Å²) < 4.78 is 3.76. The van der Waals surface area contributed by atoms with E-state index in [-0.39, 0.29) is 5.91 Å². The Kier molecular flexibility index (Phi) is 4.43. The van der Waals surface area contributed by atoms with E-state index in [2.05, 4.69) is 31.0 Å². The van der Waals surface area contributed by atoms with E-state index < -0.39 is 0 Å². The Morgan fingerprint density at radius 2 is 2.09 bits per heavy atom. The number of nitrogens with one attached hydrogen (secondary N) is 1. The molecule has 0 radical (unpaired) electrons. The highest BCUT2D eigenvalue weighted by Gasteiger charge is 2.03. The number of nitrogens with zero attached hydrogens (tertiary/aromatic N) is 5. The van der Waals surface area contributed by atoms with E-state index in [4.69, 9.17) is 0 Å². The third-order valence-corrected chi connectivity index (χ3v) is 3.46. The normalized spacial score (nSPS) is 10.9. The molecular weight excluding hydrogens is 280 g/mol. The number of hydrogen-bond donors (Lipinski definition) is 1. The summed E-state index contributed by atoms with van der Waals surface area (Å²) in [5.41, 5.74) is 2.12. The van der Waals surface area contributed by atoms with Gasteiger partial charge in [0.05, 0.1) is 23.9 Å². The van der Waals surface area contributed by atoms with Crippen LogP contribution in [0, 0.1) is 0 Å². The fourth-order valence-corrected chi connectivity index (χ4v) is 2.32. The van der Waals surface area contributed by atoms with Crippen LogP contribution in [0.2, 0.25) is 0 Å². The molecule has 0 bridgehead atoms. The van der Waals surface area contributed by atoms with Crippen molar-refractivity contribution in [2.24, 2.45) is 0 Å². The van der Waals surface area contributed by atoms with Crippen LogP contribution < -0.4 is 5.32 Å². The number of carbonyl (C=O) groups excluding carboxylic acids is 1. The summed E-state index contributed by atoms with van der Waals surface area (Å²) in [6.45, 7) is 2.05. The van der Waals surface area contributed by atoms with Crippen LogP contribution in [0.4, 0.5) is 0 Å². The molecule has 0 unspecified atom stereocenters. The zero-order valence-corrected chi connectivity index (χ0v) is 12.2. The molecule has 1 N–H and O–H groups in total. The predicted molar refractivity (Wildman–Crippen MR) is 82.0 cm³/mol. The molecule has 22 heavy (non-hydrogen) atoms. The lowest BCUT2D eigenvalue weighted by molar-refractivity contribution is -0.121. The summed E-state index contributed by atoms with van der Waals surface area (Å²) >= 11 is 0. The van der Waals surface area contributed by atoms with Crippen molar-refractivity contribution in [2.75, 3.05) is 6.54 Å².